The van der Waals surface area contributed by atoms with Crippen molar-refractivity contribution in [2.24, 2.45) is 154 Å². The first-order valence-corrected chi connectivity index (χ1v) is 34.3. The Morgan fingerprint density at radius 2 is 0.776 bits per heavy atom. The lowest BCUT2D eigenvalue weighted by molar-refractivity contribution is -0.193. The summed E-state index contributed by atoms with van der Waals surface area (Å²) in [6, 6.07) is 0. The lowest BCUT2D eigenvalue weighted by atomic mass is 9.76. The van der Waals surface area contributed by atoms with Crippen molar-refractivity contribution < 1.29 is 71.3 Å². The Hall–Kier alpha value is -2.85. The fraction of sp³-hybridized carbons (Fsp3) is 0.929. The average Bonchev–Trinajstić information content (AvgIpc) is 2.33. The number of hydrogen-bond acceptors (Lipinski definition) is 15. The molecule has 11 rings (SSSR count). The molecule has 1 heterocycles. The van der Waals surface area contributed by atoms with Crippen molar-refractivity contribution >= 4 is 29.8 Å². The van der Waals surface area contributed by atoms with Crippen LogP contribution in [0.5, 0.6) is 0 Å². The zero-order valence-corrected chi connectivity index (χ0v) is 55.8. The van der Waals surface area contributed by atoms with Crippen LogP contribution in [0.25, 0.3) is 0 Å². The second kappa shape index (κ2) is 31.7. The Morgan fingerprint density at radius 3 is 1.08 bits per heavy atom. The van der Waals surface area contributed by atoms with Gasteiger partial charge in [-0.3, -0.25) is 24.0 Å². The van der Waals surface area contributed by atoms with Crippen LogP contribution in [0.3, 0.4) is 0 Å². The fourth-order valence-corrected chi connectivity index (χ4v) is 18.7. The van der Waals surface area contributed by atoms with Gasteiger partial charge in [0.2, 0.25) is 6.29 Å². The van der Waals surface area contributed by atoms with Crippen LogP contribution < -0.4 is 0 Å². The van der Waals surface area contributed by atoms with Crippen molar-refractivity contribution in [1.29, 1.82) is 0 Å². The van der Waals surface area contributed by atoms with E-state index in [1.807, 2.05) is 20.8 Å². The molecule has 0 N–H and O–H groups in total. The highest BCUT2D eigenvalue weighted by molar-refractivity contribution is 5.75. The van der Waals surface area contributed by atoms with Gasteiger partial charge in [-0.05, 0) is 229 Å². The molecule has 15 heteroatoms. The lowest BCUT2D eigenvalue weighted by Crippen LogP contribution is -2.34. The molecule has 85 heavy (non-hydrogen) atoms. The molecule has 0 amide bonds. The van der Waals surface area contributed by atoms with Crippen LogP contribution >= 0.6 is 0 Å². The highest BCUT2D eigenvalue weighted by Crippen LogP contribution is 2.59. The Labute approximate surface area is 513 Å². The molecule has 10 bridgehead atoms. The molecule has 28 atom stereocenters. The maximum atomic E-state index is 12.3. The van der Waals surface area contributed by atoms with Gasteiger partial charge in [-0.25, -0.2) is 0 Å². The van der Waals surface area contributed by atoms with Gasteiger partial charge in [-0.2, -0.15) is 0 Å². The van der Waals surface area contributed by atoms with E-state index in [1.165, 1.54) is 32.1 Å². The molecule has 10 saturated carbocycles. The first-order valence-electron chi connectivity index (χ1n) is 34.3. The van der Waals surface area contributed by atoms with E-state index in [-0.39, 0.29) is 79.3 Å². The third-order valence-corrected chi connectivity index (χ3v) is 24.8. The molecule has 1 aliphatic heterocycles. The summed E-state index contributed by atoms with van der Waals surface area (Å²) < 4.78 is 52.6. The Morgan fingerprint density at radius 1 is 0.424 bits per heavy atom. The summed E-state index contributed by atoms with van der Waals surface area (Å²) in [5.41, 5.74) is 0. The first kappa shape index (κ1) is 69.6. The third-order valence-electron chi connectivity index (χ3n) is 24.8. The molecule has 1 saturated heterocycles. The molecular formula is C70H118O15. The number of methoxy groups -OCH3 is 1. The average molecular weight is 1200 g/mol. The number of hydrogen-bond donors (Lipinski definition) is 0. The van der Waals surface area contributed by atoms with Gasteiger partial charge in [0, 0.05) is 26.7 Å². The predicted octanol–water partition coefficient (Wildman–Crippen LogP) is 13.8. The van der Waals surface area contributed by atoms with E-state index in [2.05, 4.69) is 83.1 Å². The minimum absolute atomic E-state index is 0.00755. The predicted molar refractivity (Wildman–Crippen MR) is 324 cm³/mol. The van der Waals surface area contributed by atoms with Gasteiger partial charge >= 0.3 is 29.8 Å². The molecule has 488 valence electrons. The Kier molecular flexibility index (Phi) is 26.0. The number of carbonyl (C=O) groups is 5. The van der Waals surface area contributed by atoms with Crippen molar-refractivity contribution in [2.45, 2.75) is 213 Å². The Balaban J connectivity index is 0.000000153. The molecular weight excluding hydrogens is 1080 g/mol. The van der Waals surface area contributed by atoms with Gasteiger partial charge in [0.25, 0.3) is 0 Å². The third kappa shape index (κ3) is 16.8. The van der Waals surface area contributed by atoms with Crippen LogP contribution in [-0.2, 0) is 71.3 Å². The van der Waals surface area contributed by atoms with Gasteiger partial charge in [-0.1, -0.05) is 83.1 Å². The highest BCUT2D eigenvalue weighted by Gasteiger charge is 2.56. The molecule has 11 fully saturated rings. The molecule has 10 aliphatic carbocycles. The van der Waals surface area contributed by atoms with Crippen molar-refractivity contribution in [1.82, 2.24) is 0 Å². The molecule has 0 aromatic rings. The standard InChI is InChI=1S/C16H28O3.C15H24O3.C14H24O3.C13H22O3.C12H20O3/c1-9(2)8-18-12(5)19-16(17)15-7-13-6-14(15)11(4)10(13)3;1-9-10(2)12-7-11(9)8-13(12)15(16)18-14-5-3-4-6-17-14;1-5-16-10(4)17-14(15)13-7-11-6-12(13)9(3)8(11)2;1-4-15-7-16-13(14)12-6-10-5-11(12)9(3)8(10)2;1-7-8(2)10-4-9(7)5-11(10)12(13)15-6-14-3/h9-15H,6-8H2,1-5H3;9-14H,3-8H2,1-2H3;8-13H,5-7H2,1-4H3;8-12H,4-7H2,1-3H3;7-11H,4-6H2,1-3H3. The van der Waals surface area contributed by atoms with Crippen molar-refractivity contribution in [2.75, 3.05) is 47.1 Å². The zero-order chi connectivity index (χ0) is 62.1. The first-order chi connectivity index (χ1) is 40.4. The van der Waals surface area contributed by atoms with Crippen LogP contribution in [0.1, 0.15) is 194 Å². The minimum atomic E-state index is -0.415. The molecule has 0 spiro atoms. The monoisotopic (exact) mass is 1200 g/mol. The largest absolute Gasteiger partial charge is 0.438 e. The second-order valence-electron chi connectivity index (χ2n) is 29.5. The van der Waals surface area contributed by atoms with Gasteiger partial charge in [0.1, 0.15) is 0 Å². The summed E-state index contributed by atoms with van der Waals surface area (Å²) in [4.78, 5) is 60.2. The van der Waals surface area contributed by atoms with Crippen LogP contribution in [0.2, 0.25) is 0 Å². The van der Waals surface area contributed by atoms with E-state index in [1.54, 1.807) is 14.0 Å². The van der Waals surface area contributed by atoms with Crippen molar-refractivity contribution in [3.63, 3.8) is 0 Å². The van der Waals surface area contributed by atoms with Crippen LogP contribution in [0.4, 0.5) is 0 Å². The van der Waals surface area contributed by atoms with E-state index in [0.29, 0.717) is 84.9 Å². The van der Waals surface area contributed by atoms with E-state index in [4.69, 9.17) is 47.4 Å². The maximum Gasteiger partial charge on any atom is 0.311 e. The molecule has 15 nitrogen and oxygen atoms in total. The SMILES string of the molecule is CC(C)COC(C)OC(=O)C1CC2CC1C(C)C2C.CC1C2CC(C(=O)OC3CCCCO3)C(C2)C1C.CCOC(C)OC(=O)C1CC2CC1C(C)C2C.CCOCOC(=O)C1CC2CC1C(C)C2C.COCOC(=O)C1CC2CC1C(C)C2C. The minimum Gasteiger partial charge on any atom is -0.438 e. The quantitative estimate of drug-likeness (QED) is 0.0547. The number of fused-ring (bicyclic) bond motifs is 10. The number of ether oxygens (including phenoxy) is 10. The van der Waals surface area contributed by atoms with Gasteiger partial charge in [0.15, 0.2) is 26.2 Å². The molecule has 0 aromatic heterocycles. The topological polar surface area (TPSA) is 178 Å². The van der Waals surface area contributed by atoms with Crippen LogP contribution in [0, 0.1) is 154 Å². The normalized spacial score (nSPS) is 42.4. The van der Waals surface area contributed by atoms with Crippen LogP contribution in [-0.4, -0.2) is 95.8 Å². The summed E-state index contributed by atoms with van der Waals surface area (Å²) in [5, 5.41) is 0. The van der Waals surface area contributed by atoms with Crippen molar-refractivity contribution in [3.8, 4) is 0 Å². The fourth-order valence-electron chi connectivity index (χ4n) is 18.7. The summed E-state index contributed by atoms with van der Waals surface area (Å²) in [6.07, 6.45) is 13.2. The smallest absolute Gasteiger partial charge is 0.311 e. The van der Waals surface area contributed by atoms with Gasteiger partial charge in [0.05, 0.1) is 42.8 Å². The zero-order valence-electron chi connectivity index (χ0n) is 55.8. The molecule has 11 aliphatic rings. The van der Waals surface area contributed by atoms with Gasteiger partial charge < -0.3 is 47.4 Å². The van der Waals surface area contributed by atoms with E-state index in [0.717, 1.165) is 117 Å². The van der Waals surface area contributed by atoms with Gasteiger partial charge in [-0.15, -0.1) is 0 Å². The maximum absolute atomic E-state index is 12.3. The van der Waals surface area contributed by atoms with E-state index < -0.39 is 12.6 Å². The number of rotatable bonds is 18. The Bertz CT molecular complexity index is 2120. The summed E-state index contributed by atoms with van der Waals surface area (Å²) in [6.45, 7) is 37.4. The second-order valence-corrected chi connectivity index (χ2v) is 29.5. The van der Waals surface area contributed by atoms with E-state index in [9.17, 15) is 24.0 Å². The molecule has 0 aromatic carbocycles. The summed E-state index contributed by atoms with van der Waals surface area (Å²) >= 11 is 0. The van der Waals surface area contributed by atoms with Crippen molar-refractivity contribution in [3.05, 3.63) is 0 Å². The molecule has 0 radical (unpaired) electrons. The van der Waals surface area contributed by atoms with E-state index >= 15 is 0 Å². The number of esters is 5. The van der Waals surface area contributed by atoms with Crippen LogP contribution in [0.15, 0.2) is 0 Å². The molecule has 28 unspecified atom stereocenters. The number of carbonyl (C=O) groups excluding carboxylic acids is 5. The summed E-state index contributed by atoms with van der Waals surface area (Å²) in [7, 11) is 1.54. The highest BCUT2D eigenvalue weighted by atomic mass is 16.7. The lowest BCUT2D eigenvalue weighted by Gasteiger charge is -2.32. The summed E-state index contributed by atoms with van der Waals surface area (Å²) in [5.74, 6) is 14.6.